The number of anilines is 1. The minimum Gasteiger partial charge on any atom is -0.384 e. The number of nitrogens with zero attached hydrogens (tertiary/aromatic N) is 2. The van der Waals surface area contributed by atoms with Crippen LogP contribution in [0.4, 0.5) is 5.82 Å². The van der Waals surface area contributed by atoms with Gasteiger partial charge >= 0.3 is 0 Å². The lowest BCUT2D eigenvalue weighted by molar-refractivity contribution is 0.0303. The third-order valence-corrected chi connectivity index (χ3v) is 2.33. The Bertz CT molecular complexity index is 361. The van der Waals surface area contributed by atoms with E-state index >= 15 is 0 Å². The van der Waals surface area contributed by atoms with Crippen molar-refractivity contribution >= 4 is 11.7 Å². The highest BCUT2D eigenvalue weighted by Crippen LogP contribution is 2.08. The van der Waals surface area contributed by atoms with E-state index in [2.05, 4.69) is 4.98 Å². The van der Waals surface area contributed by atoms with Crippen LogP contribution < -0.4 is 5.73 Å². The minimum absolute atomic E-state index is 0.00704. The van der Waals surface area contributed by atoms with E-state index in [1.54, 1.807) is 23.2 Å². The molecule has 1 aliphatic heterocycles. The van der Waals surface area contributed by atoms with Crippen molar-refractivity contribution < 1.29 is 9.53 Å². The van der Waals surface area contributed by atoms with Crippen molar-refractivity contribution in [2.45, 2.75) is 0 Å². The summed E-state index contributed by atoms with van der Waals surface area (Å²) in [6.45, 7) is 2.49. The number of nitrogen functional groups attached to an aromatic ring is 1. The smallest absolute Gasteiger partial charge is 0.254 e. The summed E-state index contributed by atoms with van der Waals surface area (Å²) in [5, 5.41) is 0. The molecule has 1 aromatic heterocycles. The number of rotatable bonds is 1. The molecule has 1 aliphatic rings. The summed E-state index contributed by atoms with van der Waals surface area (Å²) in [6.07, 6.45) is 1.54. The molecule has 15 heavy (non-hydrogen) atoms. The number of amides is 1. The molecule has 5 heteroatoms. The van der Waals surface area contributed by atoms with Gasteiger partial charge in [0.1, 0.15) is 5.82 Å². The third-order valence-electron chi connectivity index (χ3n) is 2.33. The Labute approximate surface area is 87.8 Å². The van der Waals surface area contributed by atoms with Crippen LogP contribution in [-0.2, 0) is 4.74 Å². The number of hydrogen-bond acceptors (Lipinski definition) is 4. The van der Waals surface area contributed by atoms with Gasteiger partial charge in [-0.05, 0) is 12.1 Å². The largest absolute Gasteiger partial charge is 0.384 e. The highest BCUT2D eigenvalue weighted by Gasteiger charge is 2.18. The van der Waals surface area contributed by atoms with Gasteiger partial charge in [-0.25, -0.2) is 4.98 Å². The van der Waals surface area contributed by atoms with E-state index in [0.29, 0.717) is 37.7 Å². The maximum atomic E-state index is 11.9. The fourth-order valence-corrected chi connectivity index (χ4v) is 1.53. The van der Waals surface area contributed by atoms with Crippen molar-refractivity contribution in [2.75, 3.05) is 32.0 Å². The second-order valence-electron chi connectivity index (χ2n) is 3.37. The van der Waals surface area contributed by atoms with Crippen LogP contribution in [0.1, 0.15) is 10.4 Å². The van der Waals surface area contributed by atoms with Crippen LogP contribution in [0.2, 0.25) is 0 Å². The lowest BCUT2D eigenvalue weighted by atomic mass is 10.2. The molecule has 0 unspecified atom stereocenters. The molecule has 0 radical (unpaired) electrons. The number of aromatic nitrogens is 1. The fraction of sp³-hybridized carbons (Fsp3) is 0.400. The molecular formula is C10H13N3O2. The van der Waals surface area contributed by atoms with E-state index in [-0.39, 0.29) is 5.91 Å². The van der Waals surface area contributed by atoms with Crippen molar-refractivity contribution in [1.29, 1.82) is 0 Å². The van der Waals surface area contributed by atoms with Crippen LogP contribution in [-0.4, -0.2) is 42.1 Å². The zero-order valence-corrected chi connectivity index (χ0v) is 8.35. The average molecular weight is 207 g/mol. The Morgan fingerprint density at radius 2 is 2.20 bits per heavy atom. The van der Waals surface area contributed by atoms with Gasteiger partial charge in [-0.3, -0.25) is 4.79 Å². The predicted molar refractivity (Wildman–Crippen MR) is 55.4 cm³/mol. The van der Waals surface area contributed by atoms with Crippen molar-refractivity contribution in [3.8, 4) is 0 Å². The average Bonchev–Trinajstić information content (AvgIpc) is 2.29. The molecule has 0 bridgehead atoms. The van der Waals surface area contributed by atoms with Crippen molar-refractivity contribution in [1.82, 2.24) is 9.88 Å². The summed E-state index contributed by atoms with van der Waals surface area (Å²) >= 11 is 0. The van der Waals surface area contributed by atoms with Crippen LogP contribution in [0.25, 0.3) is 0 Å². The molecular weight excluding hydrogens is 194 g/mol. The molecule has 2 N–H and O–H groups in total. The molecule has 1 aromatic rings. The molecule has 5 nitrogen and oxygen atoms in total. The first kappa shape index (κ1) is 9.92. The van der Waals surface area contributed by atoms with Gasteiger partial charge in [-0.15, -0.1) is 0 Å². The summed E-state index contributed by atoms with van der Waals surface area (Å²) < 4.78 is 5.18. The molecule has 1 amide bonds. The fourth-order valence-electron chi connectivity index (χ4n) is 1.53. The third kappa shape index (κ3) is 2.24. The molecule has 2 rings (SSSR count). The molecule has 0 spiro atoms. The van der Waals surface area contributed by atoms with Gasteiger partial charge in [0, 0.05) is 24.8 Å². The second-order valence-corrected chi connectivity index (χ2v) is 3.37. The first-order valence-electron chi connectivity index (χ1n) is 4.86. The molecule has 0 aliphatic carbocycles. The zero-order valence-electron chi connectivity index (χ0n) is 8.35. The van der Waals surface area contributed by atoms with Crippen LogP contribution in [0, 0.1) is 0 Å². The Balaban J connectivity index is 2.12. The first-order chi connectivity index (χ1) is 7.27. The van der Waals surface area contributed by atoms with Gasteiger partial charge in [0.15, 0.2) is 0 Å². The molecule has 80 valence electrons. The summed E-state index contributed by atoms with van der Waals surface area (Å²) in [7, 11) is 0. The highest BCUT2D eigenvalue weighted by atomic mass is 16.5. The monoisotopic (exact) mass is 207 g/mol. The van der Waals surface area contributed by atoms with E-state index in [4.69, 9.17) is 10.5 Å². The molecule has 1 fully saturated rings. The summed E-state index contributed by atoms with van der Waals surface area (Å²) in [4.78, 5) is 17.6. The van der Waals surface area contributed by atoms with E-state index < -0.39 is 0 Å². The van der Waals surface area contributed by atoms with Gasteiger partial charge in [-0.1, -0.05) is 0 Å². The van der Waals surface area contributed by atoms with Gasteiger partial charge in [-0.2, -0.15) is 0 Å². The van der Waals surface area contributed by atoms with Crippen LogP contribution in [0.5, 0.6) is 0 Å². The van der Waals surface area contributed by atoms with Crippen molar-refractivity contribution in [2.24, 2.45) is 0 Å². The SMILES string of the molecule is Nc1cc(C(=O)N2CCOCC2)ccn1. The minimum atomic E-state index is -0.00704. The van der Waals surface area contributed by atoms with Crippen molar-refractivity contribution in [3.05, 3.63) is 23.9 Å². The maximum Gasteiger partial charge on any atom is 0.254 e. The Kier molecular flexibility index (Phi) is 2.82. The van der Waals surface area contributed by atoms with Gasteiger partial charge in [0.2, 0.25) is 0 Å². The predicted octanol–water partition coefficient (Wildman–Crippen LogP) is 0.136. The van der Waals surface area contributed by atoms with Gasteiger partial charge in [0.25, 0.3) is 5.91 Å². The topological polar surface area (TPSA) is 68.5 Å². The molecule has 0 aromatic carbocycles. The summed E-state index contributed by atoms with van der Waals surface area (Å²) in [5.74, 6) is 0.363. The number of morpholine rings is 1. The van der Waals surface area contributed by atoms with Crippen LogP contribution in [0.3, 0.4) is 0 Å². The van der Waals surface area contributed by atoms with E-state index in [1.165, 1.54) is 0 Å². The molecule has 2 heterocycles. The number of nitrogens with two attached hydrogens (primary N) is 1. The lowest BCUT2D eigenvalue weighted by Crippen LogP contribution is -2.40. The Morgan fingerprint density at radius 1 is 1.47 bits per heavy atom. The standard InChI is InChI=1S/C10H13N3O2/c11-9-7-8(1-2-12-9)10(14)13-3-5-15-6-4-13/h1-2,7H,3-6H2,(H2,11,12). The molecule has 0 saturated carbocycles. The number of hydrogen-bond donors (Lipinski definition) is 1. The lowest BCUT2D eigenvalue weighted by Gasteiger charge is -2.26. The zero-order chi connectivity index (χ0) is 10.7. The summed E-state index contributed by atoms with van der Waals surface area (Å²) in [6, 6.07) is 3.27. The molecule has 1 saturated heterocycles. The second kappa shape index (κ2) is 4.27. The maximum absolute atomic E-state index is 11.9. The number of carbonyl (C=O) groups excluding carboxylic acids is 1. The number of ether oxygens (including phenoxy) is 1. The summed E-state index contributed by atoms with van der Waals surface area (Å²) in [5.41, 5.74) is 6.11. The van der Waals surface area contributed by atoms with Crippen molar-refractivity contribution in [3.63, 3.8) is 0 Å². The Hall–Kier alpha value is -1.62. The number of pyridine rings is 1. The van der Waals surface area contributed by atoms with Gasteiger partial charge in [0.05, 0.1) is 13.2 Å². The first-order valence-corrected chi connectivity index (χ1v) is 4.86. The van der Waals surface area contributed by atoms with Gasteiger partial charge < -0.3 is 15.4 Å². The quantitative estimate of drug-likeness (QED) is 0.711. The van der Waals surface area contributed by atoms with E-state index in [9.17, 15) is 4.79 Å². The molecule has 0 atom stereocenters. The van der Waals surface area contributed by atoms with E-state index in [1.807, 2.05) is 0 Å². The number of carbonyl (C=O) groups is 1. The van der Waals surface area contributed by atoms with Crippen LogP contribution in [0.15, 0.2) is 18.3 Å². The van der Waals surface area contributed by atoms with E-state index in [0.717, 1.165) is 0 Å². The van der Waals surface area contributed by atoms with Crippen LogP contribution >= 0.6 is 0 Å². The Morgan fingerprint density at radius 3 is 2.87 bits per heavy atom. The normalized spacial score (nSPS) is 16.4. The highest BCUT2D eigenvalue weighted by molar-refractivity contribution is 5.94.